The highest BCUT2D eigenvalue weighted by molar-refractivity contribution is 7.81. The Morgan fingerprint density at radius 2 is 1.75 bits per heavy atom. The number of likely N-dealkylation sites (tertiary alicyclic amines) is 1. The molecule has 2 aliphatic heterocycles. The van der Waals surface area contributed by atoms with Gasteiger partial charge in [0.05, 0.1) is 16.1 Å². The molecule has 0 saturated carbocycles. The first kappa shape index (κ1) is 23.6. The molecule has 1 aromatic rings. The predicted octanol–water partition coefficient (Wildman–Crippen LogP) is 4.01. The van der Waals surface area contributed by atoms with Crippen LogP contribution >= 0.6 is 35.8 Å². The first-order valence-corrected chi connectivity index (χ1v) is 10.9. The second-order valence-electron chi connectivity index (χ2n) is 8.49. The maximum Gasteiger partial charge on any atom is 0.237 e. The van der Waals surface area contributed by atoms with Gasteiger partial charge in [0.15, 0.2) is 0 Å². The lowest BCUT2D eigenvalue weighted by Gasteiger charge is -2.37. The molecule has 2 unspecified atom stereocenters. The van der Waals surface area contributed by atoms with E-state index in [0.717, 1.165) is 38.9 Å². The highest BCUT2D eigenvalue weighted by atomic mass is 35.5. The van der Waals surface area contributed by atoms with Crippen LogP contribution in [0.15, 0.2) is 12.1 Å². The Bertz CT molecular complexity index is 683. The van der Waals surface area contributed by atoms with E-state index in [4.69, 9.17) is 28.9 Å². The van der Waals surface area contributed by atoms with Crippen LogP contribution in [0.4, 0.5) is 0 Å². The van der Waals surface area contributed by atoms with Crippen molar-refractivity contribution in [3.63, 3.8) is 0 Å². The SMILES string of the molecule is CC(C)(C)S.NC(c1cc(Cl)c(Cl)cc1O)C1CCN(C2CCNC2=O)CC1. The lowest BCUT2D eigenvalue weighted by molar-refractivity contribution is -0.124. The van der Waals surface area contributed by atoms with Crippen LogP contribution in [0.2, 0.25) is 10.0 Å². The zero-order valence-corrected chi connectivity index (χ0v) is 19.1. The fraction of sp³-hybridized carbons (Fsp3) is 0.650. The number of amides is 1. The number of carbonyl (C=O) groups excluding carboxylic acids is 1. The van der Waals surface area contributed by atoms with Crippen LogP contribution in [0, 0.1) is 5.92 Å². The molecule has 5 nitrogen and oxygen atoms in total. The number of thiol groups is 1. The Kier molecular flexibility index (Phi) is 8.35. The molecule has 4 N–H and O–H groups in total. The second-order valence-corrected chi connectivity index (χ2v) is 10.6. The van der Waals surface area contributed by atoms with Crippen molar-refractivity contribution in [2.45, 2.75) is 56.9 Å². The summed E-state index contributed by atoms with van der Waals surface area (Å²) in [5, 5.41) is 13.7. The smallest absolute Gasteiger partial charge is 0.237 e. The number of benzene rings is 1. The summed E-state index contributed by atoms with van der Waals surface area (Å²) in [6.45, 7) is 8.61. The van der Waals surface area contributed by atoms with Crippen LogP contribution in [-0.4, -0.2) is 46.3 Å². The molecule has 2 atom stereocenters. The van der Waals surface area contributed by atoms with Crippen LogP contribution in [0.3, 0.4) is 0 Å². The average molecular weight is 448 g/mol. The van der Waals surface area contributed by atoms with Crippen molar-refractivity contribution >= 4 is 41.7 Å². The molecule has 0 bridgehead atoms. The van der Waals surface area contributed by atoms with Crippen molar-refractivity contribution in [2.75, 3.05) is 19.6 Å². The maximum absolute atomic E-state index is 11.8. The number of aromatic hydroxyl groups is 1. The van der Waals surface area contributed by atoms with Gasteiger partial charge in [0.2, 0.25) is 5.91 Å². The summed E-state index contributed by atoms with van der Waals surface area (Å²) >= 11 is 16.1. The molecule has 0 aromatic heterocycles. The number of phenols is 1. The third-order valence-corrected chi connectivity index (χ3v) is 5.69. The van der Waals surface area contributed by atoms with Crippen molar-refractivity contribution in [1.82, 2.24) is 10.2 Å². The lowest BCUT2D eigenvalue weighted by Crippen LogP contribution is -2.46. The van der Waals surface area contributed by atoms with Gasteiger partial charge < -0.3 is 16.2 Å². The minimum Gasteiger partial charge on any atom is -0.508 e. The number of nitrogens with two attached hydrogens (primary N) is 1. The monoisotopic (exact) mass is 447 g/mol. The molecule has 1 amide bonds. The summed E-state index contributed by atoms with van der Waals surface area (Å²) in [5.41, 5.74) is 6.99. The summed E-state index contributed by atoms with van der Waals surface area (Å²) in [5.74, 6) is 0.471. The molecule has 2 saturated heterocycles. The van der Waals surface area contributed by atoms with Gasteiger partial charge in [-0.05, 0) is 44.3 Å². The van der Waals surface area contributed by atoms with Crippen LogP contribution in [0.5, 0.6) is 5.75 Å². The average Bonchev–Trinajstić information content (AvgIpc) is 3.02. The van der Waals surface area contributed by atoms with E-state index in [-0.39, 0.29) is 34.4 Å². The van der Waals surface area contributed by atoms with E-state index >= 15 is 0 Å². The molecule has 1 aromatic carbocycles. The molecule has 8 heteroatoms. The van der Waals surface area contributed by atoms with Gasteiger partial charge in [-0.1, -0.05) is 44.0 Å². The number of nitrogens with zero attached hydrogens (tertiary/aromatic N) is 1. The quantitative estimate of drug-likeness (QED) is 0.527. The number of piperidine rings is 1. The molecule has 2 heterocycles. The molecule has 3 rings (SSSR count). The largest absolute Gasteiger partial charge is 0.508 e. The highest BCUT2D eigenvalue weighted by Gasteiger charge is 2.34. The van der Waals surface area contributed by atoms with E-state index in [1.165, 1.54) is 6.07 Å². The maximum atomic E-state index is 11.8. The van der Waals surface area contributed by atoms with Gasteiger partial charge in [-0.3, -0.25) is 9.69 Å². The number of hydrogen-bond acceptors (Lipinski definition) is 5. The van der Waals surface area contributed by atoms with Gasteiger partial charge in [-0.15, -0.1) is 0 Å². The Labute approximate surface area is 183 Å². The minimum absolute atomic E-state index is 0.00514. The molecular formula is C20H31Cl2N3O2S. The Hall–Kier alpha value is -0.660. The van der Waals surface area contributed by atoms with Crippen molar-refractivity contribution in [3.05, 3.63) is 27.7 Å². The van der Waals surface area contributed by atoms with Gasteiger partial charge >= 0.3 is 0 Å². The molecule has 158 valence electrons. The lowest BCUT2D eigenvalue weighted by atomic mass is 9.85. The topological polar surface area (TPSA) is 78.6 Å². The molecule has 2 aliphatic rings. The van der Waals surface area contributed by atoms with Crippen molar-refractivity contribution in [2.24, 2.45) is 11.7 Å². The van der Waals surface area contributed by atoms with Crippen LogP contribution < -0.4 is 11.1 Å². The van der Waals surface area contributed by atoms with E-state index in [1.54, 1.807) is 6.07 Å². The molecule has 2 fully saturated rings. The number of hydrogen-bond donors (Lipinski definition) is 4. The standard InChI is InChI=1S/C16H21Cl2N3O2.C4H10S/c17-11-7-10(14(22)8-12(11)18)15(19)9-2-5-21(6-3-9)13-1-4-20-16(13)23;1-4(2,3)5/h7-9,13,15,22H,1-6,19H2,(H,20,23);5H,1-3H3. The van der Waals surface area contributed by atoms with Gasteiger partial charge in [-0.25, -0.2) is 0 Å². The van der Waals surface area contributed by atoms with Crippen LogP contribution in [0.25, 0.3) is 0 Å². The summed E-state index contributed by atoms with van der Waals surface area (Å²) in [6.07, 6.45) is 2.67. The molecule has 0 radical (unpaired) electrons. The number of rotatable bonds is 3. The fourth-order valence-electron chi connectivity index (χ4n) is 3.59. The van der Waals surface area contributed by atoms with Gasteiger partial charge in [-0.2, -0.15) is 12.6 Å². The Morgan fingerprint density at radius 3 is 2.25 bits per heavy atom. The Balaban J connectivity index is 0.000000500. The van der Waals surface area contributed by atoms with E-state index < -0.39 is 0 Å². The number of halogens is 2. The third kappa shape index (κ3) is 6.70. The van der Waals surface area contributed by atoms with E-state index in [0.29, 0.717) is 15.6 Å². The van der Waals surface area contributed by atoms with Gasteiger partial charge in [0.1, 0.15) is 5.75 Å². The first-order chi connectivity index (χ1) is 13.0. The summed E-state index contributed by atoms with van der Waals surface area (Å²) in [6, 6.07) is 2.81. The predicted molar refractivity (Wildman–Crippen MR) is 120 cm³/mol. The molecule has 0 aliphatic carbocycles. The van der Waals surface area contributed by atoms with Crippen molar-refractivity contribution in [3.8, 4) is 5.75 Å². The van der Waals surface area contributed by atoms with Crippen LogP contribution in [0.1, 0.15) is 51.6 Å². The van der Waals surface area contributed by atoms with Crippen LogP contribution in [-0.2, 0) is 4.79 Å². The molecular weight excluding hydrogens is 417 g/mol. The number of nitrogens with one attached hydrogen (secondary N) is 1. The van der Waals surface area contributed by atoms with E-state index in [9.17, 15) is 9.90 Å². The Morgan fingerprint density at radius 1 is 1.21 bits per heavy atom. The van der Waals surface area contributed by atoms with Crippen molar-refractivity contribution < 1.29 is 9.90 Å². The summed E-state index contributed by atoms with van der Waals surface area (Å²) in [7, 11) is 0. The highest BCUT2D eigenvalue weighted by Crippen LogP contribution is 2.38. The van der Waals surface area contributed by atoms with Gasteiger partial charge in [0, 0.05) is 29.0 Å². The second kappa shape index (κ2) is 9.90. The molecule has 0 spiro atoms. The van der Waals surface area contributed by atoms with E-state index in [1.807, 2.05) is 0 Å². The summed E-state index contributed by atoms with van der Waals surface area (Å²) < 4.78 is 0.194. The normalized spacial score (nSPS) is 22.4. The number of phenolic OH excluding ortho intramolecular Hbond substituents is 1. The minimum atomic E-state index is -0.288. The summed E-state index contributed by atoms with van der Waals surface area (Å²) in [4.78, 5) is 14.0. The van der Waals surface area contributed by atoms with E-state index in [2.05, 4.69) is 43.6 Å². The number of carbonyl (C=O) groups is 1. The molecule has 28 heavy (non-hydrogen) atoms. The third-order valence-electron chi connectivity index (χ3n) is 4.97. The zero-order chi connectivity index (χ0) is 21.1. The van der Waals surface area contributed by atoms with Gasteiger partial charge in [0.25, 0.3) is 0 Å². The van der Waals surface area contributed by atoms with Crippen molar-refractivity contribution in [1.29, 1.82) is 0 Å². The zero-order valence-electron chi connectivity index (χ0n) is 16.7. The first-order valence-electron chi connectivity index (χ1n) is 9.65. The fourth-order valence-corrected chi connectivity index (χ4v) is 3.92.